The van der Waals surface area contributed by atoms with Crippen LogP contribution in [0.15, 0.2) is 36.4 Å². The van der Waals surface area contributed by atoms with E-state index < -0.39 is 11.7 Å². The van der Waals surface area contributed by atoms with Crippen molar-refractivity contribution in [3.8, 4) is 6.07 Å². The van der Waals surface area contributed by atoms with Gasteiger partial charge in [0.05, 0.1) is 17.2 Å². The molecule has 2 aromatic rings. The number of anilines is 1. The molecule has 0 amide bonds. The molecular weight excluding hydrogens is 279 g/mol. The molecule has 1 heterocycles. The van der Waals surface area contributed by atoms with Crippen LogP contribution in [0.5, 0.6) is 0 Å². The smallest absolute Gasteiger partial charge is 0.366 e. The van der Waals surface area contributed by atoms with Gasteiger partial charge in [0.15, 0.2) is 0 Å². The summed E-state index contributed by atoms with van der Waals surface area (Å²) in [6, 6.07) is 10.3. The van der Waals surface area contributed by atoms with E-state index >= 15 is 0 Å². The molecule has 3 nitrogen and oxygen atoms in total. The first-order valence-corrected chi connectivity index (χ1v) is 6.17. The van der Waals surface area contributed by atoms with Crippen LogP contribution in [0.25, 0.3) is 0 Å². The van der Waals surface area contributed by atoms with Gasteiger partial charge in [0.25, 0.3) is 0 Å². The van der Waals surface area contributed by atoms with Gasteiger partial charge < -0.3 is 5.32 Å². The Balaban J connectivity index is 2.14. The SMILES string of the molecule is Cc1cc(C#N)cc(NCc2cccc(C(F)(F)F)c2)n1. The van der Waals surface area contributed by atoms with E-state index in [4.69, 9.17) is 5.26 Å². The highest BCUT2D eigenvalue weighted by Gasteiger charge is 2.30. The van der Waals surface area contributed by atoms with Crippen LogP contribution in [-0.4, -0.2) is 4.98 Å². The van der Waals surface area contributed by atoms with Gasteiger partial charge in [0.1, 0.15) is 5.82 Å². The minimum atomic E-state index is -4.36. The molecule has 0 aliphatic carbocycles. The second kappa shape index (κ2) is 5.83. The highest BCUT2D eigenvalue weighted by Crippen LogP contribution is 2.29. The molecule has 108 valence electrons. The fourth-order valence-electron chi connectivity index (χ4n) is 1.87. The first-order chi connectivity index (χ1) is 9.88. The number of hydrogen-bond acceptors (Lipinski definition) is 3. The van der Waals surface area contributed by atoms with Gasteiger partial charge in [-0.25, -0.2) is 4.98 Å². The molecular formula is C15H12F3N3. The second-order valence-electron chi connectivity index (χ2n) is 4.55. The van der Waals surface area contributed by atoms with Crippen molar-refractivity contribution >= 4 is 5.82 Å². The number of alkyl halides is 3. The van der Waals surface area contributed by atoms with Crippen LogP contribution >= 0.6 is 0 Å². The maximum atomic E-state index is 12.6. The zero-order valence-electron chi connectivity index (χ0n) is 11.2. The quantitative estimate of drug-likeness (QED) is 0.933. The number of hydrogen-bond donors (Lipinski definition) is 1. The Kier molecular flexibility index (Phi) is 4.13. The Bertz CT molecular complexity index is 687. The van der Waals surface area contributed by atoms with Crippen molar-refractivity contribution in [2.75, 3.05) is 5.32 Å². The number of nitriles is 1. The van der Waals surface area contributed by atoms with Crippen molar-refractivity contribution in [3.05, 3.63) is 58.8 Å². The van der Waals surface area contributed by atoms with Gasteiger partial charge in [-0.05, 0) is 36.8 Å². The number of nitrogens with one attached hydrogen (secondary N) is 1. The number of aromatic nitrogens is 1. The van der Waals surface area contributed by atoms with E-state index in [1.54, 1.807) is 25.1 Å². The van der Waals surface area contributed by atoms with Crippen molar-refractivity contribution < 1.29 is 13.2 Å². The van der Waals surface area contributed by atoms with Crippen molar-refractivity contribution in [1.29, 1.82) is 5.26 Å². The molecule has 21 heavy (non-hydrogen) atoms. The molecule has 1 aromatic heterocycles. The molecule has 0 aliphatic heterocycles. The number of aryl methyl sites for hydroxylation is 1. The summed E-state index contributed by atoms with van der Waals surface area (Å²) in [7, 11) is 0. The third-order valence-corrected chi connectivity index (χ3v) is 2.81. The molecule has 0 saturated carbocycles. The van der Waals surface area contributed by atoms with E-state index in [9.17, 15) is 13.2 Å². The molecule has 0 aliphatic rings. The first kappa shape index (κ1) is 14.9. The van der Waals surface area contributed by atoms with E-state index in [-0.39, 0.29) is 6.54 Å². The number of halogens is 3. The van der Waals surface area contributed by atoms with Crippen molar-refractivity contribution in [2.24, 2.45) is 0 Å². The predicted octanol–water partition coefficient (Wildman–Crippen LogP) is 3.89. The Morgan fingerprint density at radius 3 is 2.67 bits per heavy atom. The van der Waals surface area contributed by atoms with Gasteiger partial charge in [-0.2, -0.15) is 18.4 Å². The van der Waals surface area contributed by atoms with E-state index in [2.05, 4.69) is 10.3 Å². The Morgan fingerprint density at radius 2 is 2.00 bits per heavy atom. The van der Waals surface area contributed by atoms with Gasteiger partial charge in [-0.15, -0.1) is 0 Å². The minimum Gasteiger partial charge on any atom is -0.366 e. The number of rotatable bonds is 3. The highest BCUT2D eigenvalue weighted by molar-refractivity contribution is 5.45. The maximum absolute atomic E-state index is 12.6. The fourth-order valence-corrected chi connectivity index (χ4v) is 1.87. The van der Waals surface area contributed by atoms with Crippen LogP contribution in [0.1, 0.15) is 22.4 Å². The average Bonchev–Trinajstić information content (AvgIpc) is 2.44. The summed E-state index contributed by atoms with van der Waals surface area (Å²) in [5.74, 6) is 0.462. The largest absolute Gasteiger partial charge is 0.416 e. The van der Waals surface area contributed by atoms with Crippen molar-refractivity contribution in [3.63, 3.8) is 0 Å². The standard InChI is InChI=1S/C15H12F3N3/c1-10-5-12(8-19)7-14(21-10)20-9-11-3-2-4-13(6-11)15(16,17)18/h2-7H,9H2,1H3,(H,20,21). The van der Waals surface area contributed by atoms with Crippen LogP contribution in [0.3, 0.4) is 0 Å². The summed E-state index contributed by atoms with van der Waals surface area (Å²) >= 11 is 0. The zero-order valence-corrected chi connectivity index (χ0v) is 11.2. The molecule has 6 heteroatoms. The van der Waals surface area contributed by atoms with Crippen LogP contribution in [0.4, 0.5) is 19.0 Å². The fraction of sp³-hybridized carbons (Fsp3) is 0.200. The van der Waals surface area contributed by atoms with Crippen LogP contribution < -0.4 is 5.32 Å². The molecule has 0 bridgehead atoms. The molecule has 0 fully saturated rings. The number of benzene rings is 1. The lowest BCUT2D eigenvalue weighted by Gasteiger charge is -2.10. The third kappa shape index (κ3) is 3.96. The predicted molar refractivity (Wildman–Crippen MR) is 72.5 cm³/mol. The van der Waals surface area contributed by atoms with Crippen LogP contribution in [-0.2, 0) is 12.7 Å². The number of pyridine rings is 1. The maximum Gasteiger partial charge on any atom is 0.416 e. The lowest BCUT2D eigenvalue weighted by Crippen LogP contribution is -2.07. The minimum absolute atomic E-state index is 0.200. The Labute approximate surface area is 120 Å². The van der Waals surface area contributed by atoms with Crippen LogP contribution in [0, 0.1) is 18.3 Å². The normalized spacial score (nSPS) is 11.0. The van der Waals surface area contributed by atoms with Gasteiger partial charge in [-0.3, -0.25) is 0 Å². The monoisotopic (exact) mass is 291 g/mol. The Hall–Kier alpha value is -2.55. The molecule has 1 aromatic carbocycles. The van der Waals surface area contributed by atoms with E-state index in [0.29, 0.717) is 22.6 Å². The Morgan fingerprint density at radius 1 is 1.24 bits per heavy atom. The third-order valence-electron chi connectivity index (χ3n) is 2.81. The molecule has 0 radical (unpaired) electrons. The van der Waals surface area contributed by atoms with Gasteiger partial charge in [-0.1, -0.05) is 12.1 Å². The highest BCUT2D eigenvalue weighted by atomic mass is 19.4. The van der Waals surface area contributed by atoms with E-state index in [1.165, 1.54) is 6.07 Å². The summed E-state index contributed by atoms with van der Waals surface area (Å²) in [6.07, 6.45) is -4.36. The number of nitrogens with zero attached hydrogens (tertiary/aromatic N) is 2. The first-order valence-electron chi connectivity index (χ1n) is 6.17. The van der Waals surface area contributed by atoms with Gasteiger partial charge in [0.2, 0.25) is 0 Å². The molecule has 0 unspecified atom stereocenters. The summed E-state index contributed by atoms with van der Waals surface area (Å²) in [5, 5.41) is 11.8. The lowest BCUT2D eigenvalue weighted by molar-refractivity contribution is -0.137. The molecule has 0 saturated heterocycles. The summed E-state index contributed by atoms with van der Waals surface area (Å²) < 4.78 is 37.8. The molecule has 2 rings (SSSR count). The van der Waals surface area contributed by atoms with Crippen LogP contribution in [0.2, 0.25) is 0 Å². The van der Waals surface area contributed by atoms with E-state index in [0.717, 1.165) is 12.1 Å². The summed E-state index contributed by atoms with van der Waals surface area (Å²) in [4.78, 5) is 4.18. The summed E-state index contributed by atoms with van der Waals surface area (Å²) in [6.45, 7) is 1.95. The van der Waals surface area contributed by atoms with E-state index in [1.807, 2.05) is 6.07 Å². The molecule has 0 atom stereocenters. The molecule has 1 N–H and O–H groups in total. The topological polar surface area (TPSA) is 48.7 Å². The zero-order chi connectivity index (χ0) is 15.5. The van der Waals surface area contributed by atoms with Gasteiger partial charge >= 0.3 is 6.18 Å². The lowest BCUT2D eigenvalue weighted by atomic mass is 10.1. The summed E-state index contributed by atoms with van der Waals surface area (Å²) in [5.41, 5.74) is 0.929. The van der Waals surface area contributed by atoms with Crippen molar-refractivity contribution in [1.82, 2.24) is 4.98 Å². The average molecular weight is 291 g/mol. The van der Waals surface area contributed by atoms with Crippen molar-refractivity contribution in [2.45, 2.75) is 19.6 Å². The molecule has 0 spiro atoms. The van der Waals surface area contributed by atoms with Gasteiger partial charge in [0, 0.05) is 12.2 Å². The second-order valence-corrected chi connectivity index (χ2v) is 4.55.